The van der Waals surface area contributed by atoms with Crippen LogP contribution in [0.25, 0.3) is 0 Å². The molecule has 0 bridgehead atoms. The molecule has 0 spiro atoms. The summed E-state index contributed by atoms with van der Waals surface area (Å²) in [5.74, 6) is -0.928. The van der Waals surface area contributed by atoms with Crippen LogP contribution in [0, 0.1) is 0 Å². The lowest BCUT2D eigenvalue weighted by Crippen LogP contribution is -2.30. The average Bonchev–Trinajstić information content (AvgIpc) is 3.27. The molecule has 0 radical (unpaired) electrons. The van der Waals surface area contributed by atoms with Crippen LogP contribution in [0.1, 0.15) is 245 Å². The van der Waals surface area contributed by atoms with Gasteiger partial charge in [0.05, 0.1) is 0 Å². The van der Waals surface area contributed by atoms with Gasteiger partial charge in [0.2, 0.25) is 0 Å². The number of carbonyl (C=O) groups excluding carboxylic acids is 3. The van der Waals surface area contributed by atoms with Gasteiger partial charge in [-0.2, -0.15) is 0 Å². The normalized spacial score (nSPS) is 12.6. The third-order valence-electron chi connectivity index (χ3n) is 11.1. The lowest BCUT2D eigenvalue weighted by atomic mass is 10.0. The molecule has 0 N–H and O–H groups in total. The fraction of sp³-hybridized carbons (Fsp3) is 0.732. The lowest BCUT2D eigenvalue weighted by Gasteiger charge is -2.18. The average molecular weight is 865 g/mol. The van der Waals surface area contributed by atoms with Crippen LogP contribution in [0.3, 0.4) is 0 Å². The molecule has 0 heterocycles. The molecular weight excluding hydrogens is 769 g/mol. The molecule has 0 saturated carbocycles. The minimum atomic E-state index is -0.792. The van der Waals surface area contributed by atoms with Gasteiger partial charge in [-0.15, -0.1) is 0 Å². The largest absolute Gasteiger partial charge is 0.462 e. The van der Waals surface area contributed by atoms with Gasteiger partial charge in [-0.25, -0.2) is 0 Å². The van der Waals surface area contributed by atoms with E-state index in [1.807, 2.05) is 0 Å². The molecule has 0 aromatic heterocycles. The maximum Gasteiger partial charge on any atom is 0.306 e. The van der Waals surface area contributed by atoms with Crippen molar-refractivity contribution in [1.82, 2.24) is 0 Å². The van der Waals surface area contributed by atoms with E-state index in [2.05, 4.69) is 93.7 Å². The summed E-state index contributed by atoms with van der Waals surface area (Å²) in [5, 5.41) is 0. The molecule has 1 atom stereocenters. The summed E-state index contributed by atoms with van der Waals surface area (Å²) in [6, 6.07) is 0. The monoisotopic (exact) mass is 865 g/mol. The molecule has 0 aromatic carbocycles. The number of allylic oxidation sites excluding steroid dienone is 12. The van der Waals surface area contributed by atoms with Crippen molar-refractivity contribution in [3.8, 4) is 0 Å². The number of unbranched alkanes of at least 4 members (excludes halogenated alkanes) is 27. The Labute approximate surface area is 382 Å². The summed E-state index contributed by atoms with van der Waals surface area (Å²) in [7, 11) is 0. The van der Waals surface area contributed by atoms with Gasteiger partial charge in [0.25, 0.3) is 0 Å². The Balaban J connectivity index is 4.37. The number of rotatable bonds is 46. The zero-order valence-electron chi connectivity index (χ0n) is 40.6. The summed E-state index contributed by atoms with van der Waals surface area (Å²) < 4.78 is 16.8. The summed E-state index contributed by atoms with van der Waals surface area (Å²) >= 11 is 0. The number of esters is 3. The van der Waals surface area contributed by atoms with Crippen molar-refractivity contribution in [2.24, 2.45) is 0 Å². The molecule has 0 aromatic rings. The highest BCUT2D eigenvalue weighted by Gasteiger charge is 2.19. The van der Waals surface area contributed by atoms with E-state index < -0.39 is 6.10 Å². The van der Waals surface area contributed by atoms with E-state index in [0.717, 1.165) is 109 Å². The first-order valence-electron chi connectivity index (χ1n) is 26.0. The Bertz CT molecular complexity index is 1180. The van der Waals surface area contributed by atoms with Gasteiger partial charge in [-0.05, 0) is 57.8 Å². The van der Waals surface area contributed by atoms with Gasteiger partial charge < -0.3 is 14.2 Å². The van der Waals surface area contributed by atoms with Crippen molar-refractivity contribution >= 4 is 17.9 Å². The molecule has 0 fully saturated rings. The van der Waals surface area contributed by atoms with Crippen LogP contribution < -0.4 is 0 Å². The van der Waals surface area contributed by atoms with Gasteiger partial charge >= 0.3 is 17.9 Å². The Morgan fingerprint density at radius 3 is 0.968 bits per heavy atom. The smallest absolute Gasteiger partial charge is 0.306 e. The molecule has 0 saturated heterocycles. The van der Waals surface area contributed by atoms with E-state index in [9.17, 15) is 14.4 Å². The SMILES string of the molecule is CC\C=C/C=C\C=C/CCCCCCCC(=O)OCC(COC(=O)CCCCCCCCCCCCCCCCCCCC)OC(=O)CCCCCCC\C=C/C=C\C=C/CC. The zero-order valence-corrected chi connectivity index (χ0v) is 40.6. The van der Waals surface area contributed by atoms with Crippen LogP contribution in [0.5, 0.6) is 0 Å². The van der Waals surface area contributed by atoms with E-state index in [0.29, 0.717) is 19.3 Å². The maximum absolute atomic E-state index is 12.8. The number of hydrogen-bond donors (Lipinski definition) is 0. The Morgan fingerprint density at radius 1 is 0.339 bits per heavy atom. The van der Waals surface area contributed by atoms with Crippen LogP contribution in [0.4, 0.5) is 0 Å². The quantitative estimate of drug-likeness (QED) is 0.0262. The number of carbonyl (C=O) groups is 3. The second kappa shape index (κ2) is 50.5. The van der Waals surface area contributed by atoms with Crippen molar-refractivity contribution in [1.29, 1.82) is 0 Å². The fourth-order valence-corrected chi connectivity index (χ4v) is 7.21. The molecule has 6 heteroatoms. The van der Waals surface area contributed by atoms with Crippen LogP contribution in [0.15, 0.2) is 72.9 Å². The molecule has 356 valence electrons. The summed E-state index contributed by atoms with van der Waals surface area (Å²) in [5.41, 5.74) is 0. The predicted octanol–water partition coefficient (Wildman–Crippen LogP) is 17.0. The number of hydrogen-bond acceptors (Lipinski definition) is 6. The summed E-state index contributed by atoms with van der Waals surface area (Å²) in [6.45, 7) is 6.35. The molecule has 0 aliphatic rings. The van der Waals surface area contributed by atoms with Gasteiger partial charge in [-0.1, -0.05) is 241 Å². The second-order valence-electron chi connectivity index (χ2n) is 17.2. The topological polar surface area (TPSA) is 78.9 Å². The van der Waals surface area contributed by atoms with Gasteiger partial charge in [0.15, 0.2) is 6.10 Å². The van der Waals surface area contributed by atoms with E-state index in [1.54, 1.807) is 0 Å². The van der Waals surface area contributed by atoms with Crippen molar-refractivity contribution in [3.63, 3.8) is 0 Å². The fourth-order valence-electron chi connectivity index (χ4n) is 7.21. The minimum Gasteiger partial charge on any atom is -0.462 e. The van der Waals surface area contributed by atoms with Crippen molar-refractivity contribution in [2.45, 2.75) is 252 Å². The Morgan fingerprint density at radius 2 is 0.629 bits per heavy atom. The second-order valence-corrected chi connectivity index (χ2v) is 17.2. The van der Waals surface area contributed by atoms with Crippen molar-refractivity contribution in [2.75, 3.05) is 13.2 Å². The molecule has 62 heavy (non-hydrogen) atoms. The first-order valence-corrected chi connectivity index (χ1v) is 26.0. The Hall–Kier alpha value is -3.15. The molecule has 0 rings (SSSR count). The minimum absolute atomic E-state index is 0.0891. The van der Waals surface area contributed by atoms with Gasteiger partial charge in [0, 0.05) is 19.3 Å². The van der Waals surface area contributed by atoms with Crippen molar-refractivity contribution in [3.05, 3.63) is 72.9 Å². The highest BCUT2D eigenvalue weighted by atomic mass is 16.6. The third kappa shape index (κ3) is 47.9. The Kier molecular flexibility index (Phi) is 47.9. The summed E-state index contributed by atoms with van der Waals surface area (Å²) in [4.78, 5) is 38.0. The molecular formula is C56H96O6. The van der Waals surface area contributed by atoms with E-state index >= 15 is 0 Å². The number of ether oxygens (including phenoxy) is 3. The highest BCUT2D eigenvalue weighted by molar-refractivity contribution is 5.71. The van der Waals surface area contributed by atoms with Crippen LogP contribution in [-0.2, 0) is 28.6 Å². The summed E-state index contributed by atoms with van der Waals surface area (Å²) in [6.07, 6.45) is 63.2. The first-order chi connectivity index (χ1) is 30.5. The molecule has 0 amide bonds. The van der Waals surface area contributed by atoms with Crippen LogP contribution in [0.2, 0.25) is 0 Å². The van der Waals surface area contributed by atoms with E-state index in [1.165, 1.54) is 96.3 Å². The lowest BCUT2D eigenvalue weighted by molar-refractivity contribution is -0.167. The predicted molar refractivity (Wildman–Crippen MR) is 265 cm³/mol. The molecule has 1 unspecified atom stereocenters. The molecule has 6 nitrogen and oxygen atoms in total. The molecule has 0 aliphatic heterocycles. The molecule has 0 aliphatic carbocycles. The van der Waals surface area contributed by atoms with E-state index in [-0.39, 0.29) is 31.1 Å². The van der Waals surface area contributed by atoms with Crippen molar-refractivity contribution < 1.29 is 28.6 Å². The standard InChI is InChI=1S/C56H96O6/c1-4-7-10-13-16-19-22-25-26-27-28-29-32-34-37-40-43-46-49-55(58)61-52-53(62-56(59)50-47-44-41-38-35-31-24-21-18-15-12-9-6-3)51-60-54(57)48-45-42-39-36-33-30-23-20-17-14-11-8-5-2/h8-9,11-12,14-15,17-18,20-21,23-24,53H,4-7,10,13,16,19,22,25-52H2,1-3H3/b11-8-,12-9-,17-14-,18-15-,23-20-,24-21-. The van der Waals surface area contributed by atoms with Gasteiger partial charge in [0.1, 0.15) is 13.2 Å². The van der Waals surface area contributed by atoms with Crippen LogP contribution in [-0.4, -0.2) is 37.2 Å². The van der Waals surface area contributed by atoms with Gasteiger partial charge in [-0.3, -0.25) is 14.4 Å². The maximum atomic E-state index is 12.8. The van der Waals surface area contributed by atoms with E-state index in [4.69, 9.17) is 14.2 Å². The zero-order chi connectivity index (χ0) is 45.1. The van der Waals surface area contributed by atoms with Crippen LogP contribution >= 0.6 is 0 Å². The highest BCUT2D eigenvalue weighted by Crippen LogP contribution is 2.16. The third-order valence-corrected chi connectivity index (χ3v) is 11.1. The first kappa shape index (κ1) is 58.9.